The van der Waals surface area contributed by atoms with E-state index in [0.29, 0.717) is 0 Å². The van der Waals surface area contributed by atoms with Gasteiger partial charge in [0.05, 0.1) is 5.28 Å². The molecule has 0 bridgehead atoms. The smallest absolute Gasteiger partial charge is 0.0767 e. The molecule has 2 N–H and O–H groups in total. The second-order valence-electron chi connectivity index (χ2n) is 5.21. The van der Waals surface area contributed by atoms with Crippen LogP contribution in [0, 0.1) is 0 Å². The molecule has 0 saturated heterocycles. The molecule has 1 atom stereocenters. The zero-order valence-electron chi connectivity index (χ0n) is 11.3. The summed E-state index contributed by atoms with van der Waals surface area (Å²) in [6.07, 6.45) is 17.9. The van der Waals surface area contributed by atoms with Gasteiger partial charge in [0.15, 0.2) is 0 Å². The second-order valence-corrected chi connectivity index (χ2v) is 6.60. The molecule has 2 heteroatoms. The first-order valence-corrected chi connectivity index (χ1v) is 8.25. The molecule has 1 aliphatic heterocycles. The molecule has 0 spiro atoms. The van der Waals surface area contributed by atoms with Gasteiger partial charge in [-0.3, -0.25) is 0 Å². The van der Waals surface area contributed by atoms with E-state index in [-0.39, 0.29) is 5.28 Å². The number of hydrogen-bond acceptors (Lipinski definition) is 1. The van der Waals surface area contributed by atoms with Crippen molar-refractivity contribution < 1.29 is 0 Å². The molecule has 0 saturated carbocycles. The van der Waals surface area contributed by atoms with Gasteiger partial charge in [-0.05, 0) is 12.2 Å². The summed E-state index contributed by atoms with van der Waals surface area (Å²) in [5, 5.41) is -0.0267. The molecule has 1 rings (SSSR count). The van der Waals surface area contributed by atoms with Gasteiger partial charge in [0.2, 0.25) is 0 Å². The highest BCUT2D eigenvalue weighted by Gasteiger charge is 2.19. The summed E-state index contributed by atoms with van der Waals surface area (Å²) in [7, 11) is 1.29. The lowest BCUT2D eigenvalue weighted by atomic mass is 10.0. The van der Waals surface area contributed by atoms with Gasteiger partial charge in [-0.2, -0.15) is 0 Å². The van der Waals surface area contributed by atoms with Crippen LogP contribution in [0.2, 0.25) is 0 Å². The first kappa shape index (κ1) is 14.9. The van der Waals surface area contributed by atoms with Gasteiger partial charge in [0.1, 0.15) is 0 Å². The van der Waals surface area contributed by atoms with E-state index >= 15 is 0 Å². The highest BCUT2D eigenvalue weighted by atomic mass is 31.1. The lowest BCUT2D eigenvalue weighted by Gasteiger charge is -2.18. The van der Waals surface area contributed by atoms with Gasteiger partial charge in [0.25, 0.3) is 0 Å². The van der Waals surface area contributed by atoms with Crippen molar-refractivity contribution in [1.29, 1.82) is 0 Å². The first-order chi connectivity index (χ1) is 8.27. The van der Waals surface area contributed by atoms with Crippen LogP contribution >= 0.6 is 8.20 Å². The molecular formula is C15H28NP. The van der Waals surface area contributed by atoms with Crippen molar-refractivity contribution >= 4 is 14.0 Å². The van der Waals surface area contributed by atoms with Crippen LogP contribution in [0.4, 0.5) is 0 Å². The molecule has 0 aromatic heterocycles. The molecule has 0 aromatic carbocycles. The van der Waals surface area contributed by atoms with E-state index in [4.69, 9.17) is 5.73 Å². The summed E-state index contributed by atoms with van der Waals surface area (Å²) < 4.78 is 0. The third-order valence-corrected chi connectivity index (χ3v) is 4.64. The highest BCUT2D eigenvalue weighted by Crippen LogP contribution is 2.29. The van der Waals surface area contributed by atoms with Gasteiger partial charge in [-0.15, -0.1) is 0 Å². The van der Waals surface area contributed by atoms with Crippen LogP contribution in [-0.2, 0) is 0 Å². The van der Waals surface area contributed by atoms with Crippen LogP contribution in [-0.4, -0.2) is 11.1 Å². The molecule has 1 heterocycles. The molecular weight excluding hydrogens is 225 g/mol. The second kappa shape index (κ2) is 8.89. The number of hydrogen-bond donors (Lipinski definition) is 1. The minimum Gasteiger partial charge on any atom is -0.315 e. The predicted octanol–water partition coefficient (Wildman–Crippen LogP) is 4.88. The Hall–Kier alpha value is -0.130. The maximum absolute atomic E-state index is 6.22. The van der Waals surface area contributed by atoms with Crippen LogP contribution in [0.3, 0.4) is 0 Å². The third-order valence-electron chi connectivity index (χ3n) is 3.47. The summed E-state index contributed by atoms with van der Waals surface area (Å²) in [5.74, 6) is 2.16. The average molecular weight is 253 g/mol. The molecule has 0 radical (unpaired) electrons. The normalized spacial score (nSPS) is 23.4. The summed E-state index contributed by atoms with van der Waals surface area (Å²) in [6, 6.07) is 0. The number of allylic oxidation sites excluding steroid dienone is 1. The fourth-order valence-corrected chi connectivity index (χ4v) is 3.21. The topological polar surface area (TPSA) is 26.0 Å². The zero-order chi connectivity index (χ0) is 12.4. The molecule has 0 aromatic rings. The Morgan fingerprint density at radius 3 is 2.06 bits per heavy atom. The summed E-state index contributed by atoms with van der Waals surface area (Å²) in [6.45, 7) is 2.27. The summed E-state index contributed by atoms with van der Waals surface area (Å²) in [4.78, 5) is 0. The zero-order valence-corrected chi connectivity index (χ0v) is 12.2. The minimum absolute atomic E-state index is 0.0267. The maximum Gasteiger partial charge on any atom is 0.0767 e. The average Bonchev–Trinajstić information content (AvgIpc) is 2.74. The van der Waals surface area contributed by atoms with Gasteiger partial charge in [0, 0.05) is 0 Å². The van der Waals surface area contributed by atoms with Crippen molar-refractivity contribution in [2.75, 3.05) is 0 Å². The molecule has 17 heavy (non-hydrogen) atoms. The van der Waals surface area contributed by atoms with Crippen LogP contribution in [0.25, 0.3) is 0 Å². The maximum atomic E-state index is 6.22. The predicted molar refractivity (Wildman–Crippen MR) is 80.9 cm³/mol. The Labute approximate surface area is 109 Å². The third kappa shape index (κ3) is 7.01. The van der Waals surface area contributed by atoms with Crippen molar-refractivity contribution in [1.82, 2.24) is 0 Å². The van der Waals surface area contributed by atoms with E-state index in [1.807, 2.05) is 0 Å². The van der Waals surface area contributed by atoms with Crippen LogP contribution in [0.1, 0.15) is 71.1 Å². The quantitative estimate of drug-likeness (QED) is 0.436. The summed E-state index contributed by atoms with van der Waals surface area (Å²) in [5.41, 5.74) is 6.22. The van der Waals surface area contributed by atoms with Crippen molar-refractivity contribution in [2.45, 2.75) is 76.4 Å². The highest BCUT2D eigenvalue weighted by molar-refractivity contribution is 7.41. The van der Waals surface area contributed by atoms with Crippen molar-refractivity contribution in [3.8, 4) is 0 Å². The summed E-state index contributed by atoms with van der Waals surface area (Å²) >= 11 is 0. The van der Waals surface area contributed by atoms with Crippen molar-refractivity contribution in [3.05, 3.63) is 12.2 Å². The number of rotatable bonds is 10. The van der Waals surface area contributed by atoms with E-state index < -0.39 is 0 Å². The van der Waals surface area contributed by atoms with E-state index in [1.54, 1.807) is 0 Å². The van der Waals surface area contributed by atoms with E-state index in [0.717, 1.165) is 6.42 Å². The molecule has 0 amide bonds. The van der Waals surface area contributed by atoms with Crippen molar-refractivity contribution in [2.24, 2.45) is 5.73 Å². The Kier molecular flexibility index (Phi) is 7.81. The van der Waals surface area contributed by atoms with Crippen molar-refractivity contribution in [3.63, 3.8) is 0 Å². The molecule has 0 fully saturated rings. The van der Waals surface area contributed by atoms with E-state index in [1.165, 1.54) is 66.0 Å². The Bertz CT molecular complexity index is 233. The van der Waals surface area contributed by atoms with Crippen LogP contribution in [0.15, 0.2) is 12.2 Å². The first-order valence-electron chi connectivity index (χ1n) is 7.29. The number of nitrogens with two attached hydrogens (primary N) is 1. The molecule has 0 aliphatic carbocycles. The lowest BCUT2D eigenvalue weighted by Crippen LogP contribution is -2.29. The van der Waals surface area contributed by atoms with Gasteiger partial charge in [-0.25, -0.2) is 0 Å². The Balaban J connectivity index is 1.85. The minimum atomic E-state index is -0.0267. The molecule has 1 nitrogen and oxygen atoms in total. The fraction of sp³-hybridized carbons (Fsp3) is 0.800. The molecule has 1 aliphatic rings. The SMILES string of the molecule is CCCCCCCCCCCC1(N)C=CC=P1. The Morgan fingerprint density at radius 1 is 0.941 bits per heavy atom. The lowest BCUT2D eigenvalue weighted by molar-refractivity contribution is 0.536. The van der Waals surface area contributed by atoms with E-state index in [9.17, 15) is 0 Å². The fourth-order valence-electron chi connectivity index (χ4n) is 2.30. The monoisotopic (exact) mass is 253 g/mol. The largest absolute Gasteiger partial charge is 0.315 e. The number of unbranched alkanes of at least 4 members (excludes halogenated alkanes) is 8. The molecule has 1 unspecified atom stereocenters. The van der Waals surface area contributed by atoms with E-state index in [2.05, 4.69) is 24.9 Å². The van der Waals surface area contributed by atoms with Crippen LogP contribution in [0.5, 0.6) is 0 Å². The van der Waals surface area contributed by atoms with Gasteiger partial charge < -0.3 is 5.73 Å². The van der Waals surface area contributed by atoms with Crippen LogP contribution < -0.4 is 5.73 Å². The molecule has 98 valence electrons. The van der Waals surface area contributed by atoms with Gasteiger partial charge in [-0.1, -0.05) is 85.1 Å². The van der Waals surface area contributed by atoms with Gasteiger partial charge >= 0.3 is 0 Å². The Morgan fingerprint density at radius 2 is 1.53 bits per heavy atom. The standard InChI is InChI=1S/C15H28NP/c1-2-3-4-5-6-7-8-9-10-12-15(16)13-11-14-17-15/h11,13-14H,2-10,12,16H2,1H3.